The number of nitrogens with one attached hydrogen (secondary N) is 13. The van der Waals surface area contributed by atoms with Gasteiger partial charge in [0.1, 0.15) is 28.9 Å². The number of ketones is 1. The highest BCUT2D eigenvalue weighted by Gasteiger charge is 2.36. The van der Waals surface area contributed by atoms with Crippen LogP contribution in [-0.4, -0.2) is 236 Å². The molecule has 3 heterocycles. The SMILES string of the molecule is CC(=O)C1c2ccc(-c3ccc(C(=O)NCCOCCOCCOCCOCCOCCOCCOCCOCCNC(=O)c4cc(NC(=O)CCNC(=O)c5cc(NC(=O)c6cc(NC(=O)CCNC(=O)[C@H](CCCNC(=N)N)NC(=O)[C@@H](N)CCCNC(=N)N)cn6C)cn5C)cn4C)cc3)cc2[C@H](Nc2ccc(Cl)cc2)C[C@@H]1C. The molecule has 7 rings (SSSR count). The van der Waals surface area contributed by atoms with Gasteiger partial charge in [0, 0.05) is 114 Å². The van der Waals surface area contributed by atoms with E-state index in [4.69, 9.17) is 77.5 Å². The van der Waals surface area contributed by atoms with Crippen molar-refractivity contribution >= 4 is 99.3 Å². The van der Waals surface area contributed by atoms with Gasteiger partial charge in [0.05, 0.1) is 135 Å². The molecular formula is C80H114ClN19O17. The van der Waals surface area contributed by atoms with Gasteiger partial charge in [-0.05, 0) is 128 Å². The van der Waals surface area contributed by atoms with Gasteiger partial charge < -0.3 is 127 Å². The number of nitrogens with zero attached hydrogens (tertiary/aromatic N) is 3. The highest BCUT2D eigenvalue weighted by Crippen LogP contribution is 2.45. The first-order valence-corrected chi connectivity index (χ1v) is 39.3. The van der Waals surface area contributed by atoms with Crippen molar-refractivity contribution in [3.05, 3.63) is 142 Å². The van der Waals surface area contributed by atoms with Crippen LogP contribution in [0.2, 0.25) is 5.02 Å². The van der Waals surface area contributed by atoms with E-state index in [-0.39, 0.29) is 117 Å². The molecule has 1 aliphatic carbocycles. The van der Waals surface area contributed by atoms with Crippen molar-refractivity contribution < 1.29 is 81.0 Å². The van der Waals surface area contributed by atoms with Crippen molar-refractivity contribution in [1.29, 1.82) is 10.8 Å². The predicted molar refractivity (Wildman–Crippen MR) is 442 cm³/mol. The third-order valence-electron chi connectivity index (χ3n) is 18.5. The second-order valence-corrected chi connectivity index (χ2v) is 28.2. The molecular weight excluding hydrogens is 1530 g/mol. The number of hydrogen-bond acceptors (Lipinski definition) is 21. The van der Waals surface area contributed by atoms with Crippen LogP contribution in [0.15, 0.2) is 104 Å². The number of hydrogen-bond donors (Lipinski definition) is 16. The Morgan fingerprint density at radius 2 is 0.880 bits per heavy atom. The van der Waals surface area contributed by atoms with E-state index >= 15 is 0 Å². The Kier molecular flexibility index (Phi) is 40.4. The fraction of sp³-hybridized carbons (Fsp3) is 0.487. The van der Waals surface area contributed by atoms with Crippen LogP contribution in [-0.2, 0) is 83.0 Å². The number of halogens is 1. The fourth-order valence-electron chi connectivity index (χ4n) is 12.7. The molecule has 0 spiro atoms. The van der Waals surface area contributed by atoms with Crippen molar-refractivity contribution in [3.8, 4) is 11.1 Å². The van der Waals surface area contributed by atoms with Crippen LogP contribution in [0.5, 0.6) is 0 Å². The molecule has 0 radical (unpaired) electrons. The van der Waals surface area contributed by atoms with Gasteiger partial charge >= 0.3 is 0 Å². The summed E-state index contributed by atoms with van der Waals surface area (Å²) in [5, 5.41) is 46.1. The van der Waals surface area contributed by atoms with Crippen molar-refractivity contribution in [2.24, 2.45) is 44.3 Å². The number of rotatable bonds is 55. The Bertz CT molecular complexity index is 4210. The topological polar surface area (TPSA) is 500 Å². The molecule has 3 aromatic carbocycles. The molecule has 0 bridgehead atoms. The maximum atomic E-state index is 13.4. The van der Waals surface area contributed by atoms with Gasteiger partial charge in [0.15, 0.2) is 11.9 Å². The zero-order chi connectivity index (χ0) is 84.4. The maximum Gasteiger partial charge on any atom is 0.272 e. The number of fused-ring (bicyclic) bond motifs is 1. The molecule has 0 fully saturated rings. The van der Waals surface area contributed by atoms with E-state index in [9.17, 15) is 43.2 Å². The number of aryl methyl sites for hydroxylation is 3. The lowest BCUT2D eigenvalue weighted by Crippen LogP contribution is -2.52. The van der Waals surface area contributed by atoms with E-state index in [0.717, 1.165) is 34.4 Å². The number of anilines is 4. The summed E-state index contributed by atoms with van der Waals surface area (Å²) < 4.78 is 49.2. The number of amides is 8. The summed E-state index contributed by atoms with van der Waals surface area (Å²) in [6.07, 6.45) is 6.45. The van der Waals surface area contributed by atoms with Gasteiger partial charge in [0.2, 0.25) is 23.6 Å². The lowest BCUT2D eigenvalue weighted by molar-refractivity contribution is -0.130. The van der Waals surface area contributed by atoms with E-state index in [0.29, 0.717) is 158 Å². The number of carbonyl (C=O) groups excluding carboxylic acids is 9. The Labute approximate surface area is 685 Å². The standard InChI is InChI=1S/C80H114ClN19O17/c1-52-44-66(93-58-17-15-57(81)16-18-58)63-45-56(14-19-62(63)72(52)53(2)101)54-10-12-55(13-11-54)73(104)89-26-28-110-30-32-112-34-36-114-38-40-116-42-43-117-41-39-115-37-35-113-33-31-111-29-27-90-77(108)67-46-59(49-98(67)3)94-71(103)21-25-88-76(107)68-48-61(51-99(68)4)96-78(109)69-47-60(50-100(69)5)95-70(102)20-24-87-75(106)65(9-7-23-92-80(85)86)97-74(105)64(82)8-6-22-91-79(83)84/h10-19,45-52,64-66,72,93H,6-9,20-44,82H2,1-5H3,(H,87,106)(H,88,107)(H,89,104)(H,90,108)(H,94,103)(H,95,102)(H,96,109)(H,97,105)(H4,83,84,91)(H4,85,86,92)/t52-,64-,65-,66+,72?/m0/s1. The molecule has 37 heteroatoms. The van der Waals surface area contributed by atoms with Gasteiger partial charge in [-0.15, -0.1) is 0 Å². The molecule has 3 aromatic heterocycles. The van der Waals surface area contributed by atoms with Gasteiger partial charge in [-0.2, -0.15) is 0 Å². The molecule has 0 saturated carbocycles. The quantitative estimate of drug-likeness (QED) is 0.0146. The molecule has 5 atom stereocenters. The first-order chi connectivity index (χ1) is 56.3. The molecule has 0 aliphatic heterocycles. The summed E-state index contributed by atoms with van der Waals surface area (Å²) in [7, 11) is 4.88. The lowest BCUT2D eigenvalue weighted by Gasteiger charge is -2.36. The van der Waals surface area contributed by atoms with Crippen LogP contribution in [0, 0.1) is 16.7 Å². The van der Waals surface area contributed by atoms with Crippen molar-refractivity contribution in [2.45, 2.75) is 82.8 Å². The molecule has 117 heavy (non-hydrogen) atoms. The first-order valence-electron chi connectivity index (χ1n) is 39.0. The average Bonchev–Trinajstić information content (AvgIpc) is 1.76. The van der Waals surface area contributed by atoms with Gasteiger partial charge in [-0.1, -0.05) is 42.8 Å². The summed E-state index contributed by atoms with van der Waals surface area (Å²) in [5.74, 6) is -3.92. The molecule has 1 unspecified atom stereocenters. The van der Waals surface area contributed by atoms with Gasteiger partial charge in [-0.3, -0.25) is 54.0 Å². The highest BCUT2D eigenvalue weighted by molar-refractivity contribution is 6.30. The van der Waals surface area contributed by atoms with E-state index in [2.05, 4.69) is 77.5 Å². The normalized spacial score (nSPS) is 14.1. The van der Waals surface area contributed by atoms with Crippen molar-refractivity contribution in [2.75, 3.05) is 166 Å². The molecule has 19 N–H and O–H groups in total. The number of aromatic nitrogens is 3. The van der Waals surface area contributed by atoms with Gasteiger partial charge in [-0.25, -0.2) is 0 Å². The molecule has 8 amide bonds. The zero-order valence-electron chi connectivity index (χ0n) is 67.1. The van der Waals surface area contributed by atoms with Crippen molar-refractivity contribution in [3.63, 3.8) is 0 Å². The molecule has 0 saturated heterocycles. The average molecular weight is 1650 g/mol. The first kappa shape index (κ1) is 93.4. The Morgan fingerprint density at radius 3 is 1.35 bits per heavy atom. The number of nitrogens with two attached hydrogens (primary N) is 3. The minimum absolute atomic E-state index is 0.0114. The monoisotopic (exact) mass is 1650 g/mol. The maximum absolute atomic E-state index is 13.4. The van der Waals surface area contributed by atoms with Crippen LogP contribution >= 0.6 is 11.6 Å². The van der Waals surface area contributed by atoms with Gasteiger partial charge in [0.25, 0.3) is 23.6 Å². The number of benzene rings is 3. The zero-order valence-corrected chi connectivity index (χ0v) is 67.9. The Morgan fingerprint density at radius 1 is 0.462 bits per heavy atom. The predicted octanol–water partition coefficient (Wildman–Crippen LogP) is 3.98. The van der Waals surface area contributed by atoms with Crippen LogP contribution in [0.3, 0.4) is 0 Å². The van der Waals surface area contributed by atoms with Crippen LogP contribution < -0.4 is 75.7 Å². The van der Waals surface area contributed by atoms with E-state index in [1.807, 2.05) is 54.6 Å². The largest absolute Gasteiger partial charge is 0.378 e. The van der Waals surface area contributed by atoms with E-state index in [1.54, 1.807) is 38.8 Å². The highest BCUT2D eigenvalue weighted by atomic mass is 35.5. The van der Waals surface area contributed by atoms with E-state index < -0.39 is 47.5 Å². The summed E-state index contributed by atoms with van der Waals surface area (Å²) in [6.45, 7) is 10.8. The Balaban J connectivity index is 0.630. The third-order valence-corrected chi connectivity index (χ3v) is 18.8. The molecule has 6 aromatic rings. The second kappa shape index (κ2) is 50.6. The minimum atomic E-state index is -1.00. The lowest BCUT2D eigenvalue weighted by atomic mass is 9.71. The summed E-state index contributed by atoms with van der Waals surface area (Å²) in [5.41, 5.74) is 23.9. The second-order valence-electron chi connectivity index (χ2n) is 27.7. The molecule has 1 aliphatic rings. The molecule has 36 nitrogen and oxygen atoms in total. The van der Waals surface area contributed by atoms with Crippen LogP contribution in [0.4, 0.5) is 22.7 Å². The summed E-state index contributed by atoms with van der Waals surface area (Å²) in [6, 6.07) is 23.9. The number of guanidine groups is 2. The number of ether oxygens (including phenoxy) is 8. The third kappa shape index (κ3) is 33.4. The number of carbonyl (C=O) groups is 9. The summed E-state index contributed by atoms with van der Waals surface area (Å²) >= 11 is 6.14. The minimum Gasteiger partial charge on any atom is -0.378 e. The number of Topliss-reactive ketones (excluding diaryl/α,β-unsaturated/α-hetero) is 1. The fourth-order valence-corrected chi connectivity index (χ4v) is 12.8. The van der Waals surface area contributed by atoms with Crippen LogP contribution in [0.25, 0.3) is 11.1 Å². The van der Waals surface area contributed by atoms with Crippen molar-refractivity contribution in [1.82, 2.24) is 50.9 Å². The molecule has 638 valence electrons. The van der Waals surface area contributed by atoms with Crippen LogP contribution in [0.1, 0.15) is 124 Å². The van der Waals surface area contributed by atoms with E-state index in [1.165, 1.54) is 39.7 Å². The smallest absolute Gasteiger partial charge is 0.272 e. The summed E-state index contributed by atoms with van der Waals surface area (Å²) in [4.78, 5) is 117. The Hall–Kier alpha value is -10.8.